The van der Waals surface area contributed by atoms with Crippen molar-refractivity contribution in [2.75, 3.05) is 26.9 Å². The molecule has 4 heteroatoms. The van der Waals surface area contributed by atoms with Gasteiger partial charge in [0.2, 0.25) is 0 Å². The molecule has 0 saturated heterocycles. The van der Waals surface area contributed by atoms with Crippen LogP contribution in [0.5, 0.6) is 11.5 Å². The smallest absolute Gasteiger partial charge is 0.160 e. The fourth-order valence-electron chi connectivity index (χ4n) is 1.84. The molecule has 0 amide bonds. The zero-order valence-electron chi connectivity index (χ0n) is 16.0. The Hall–Kier alpha value is -1.26. The summed E-state index contributed by atoms with van der Waals surface area (Å²) in [7, 11) is 1.54. The van der Waals surface area contributed by atoms with E-state index in [0.29, 0.717) is 12.4 Å². The Bertz CT molecular complexity index is 387. The molecule has 0 aliphatic rings. The van der Waals surface area contributed by atoms with Crippen LogP contribution < -0.4 is 4.74 Å². The number of unbranched alkanes of at least 4 members (excludes halogenated alkanes) is 3. The third-order valence-corrected chi connectivity index (χ3v) is 3.44. The summed E-state index contributed by atoms with van der Waals surface area (Å²) in [5.74, 6) is 0.654. The van der Waals surface area contributed by atoms with Crippen LogP contribution in [0.3, 0.4) is 0 Å². The molecule has 0 aliphatic carbocycles. The van der Waals surface area contributed by atoms with Crippen LogP contribution in [-0.4, -0.2) is 32.0 Å². The Morgan fingerprint density at radius 1 is 0.833 bits per heavy atom. The predicted molar refractivity (Wildman–Crippen MR) is 99.9 cm³/mol. The number of methoxy groups -OCH3 is 1. The Balaban J connectivity index is 0.000000506. The van der Waals surface area contributed by atoms with Crippen LogP contribution >= 0.6 is 0 Å². The van der Waals surface area contributed by atoms with Crippen LogP contribution in [0.15, 0.2) is 18.2 Å². The summed E-state index contributed by atoms with van der Waals surface area (Å²) in [4.78, 5) is 0. The summed E-state index contributed by atoms with van der Waals surface area (Å²) in [5.41, 5.74) is 1.01. The summed E-state index contributed by atoms with van der Waals surface area (Å²) < 4.78 is 15.8. The van der Waals surface area contributed by atoms with Crippen molar-refractivity contribution in [3.8, 4) is 11.5 Å². The standard InChI is InChI=1S/C12H18O3.C8H18O/c1-3-4-7-15-9-10-5-6-11(13)12(8-10)14-2;1-3-5-7-9-8-6-4-2/h5-6,8,13H,3-4,7,9H2,1-2H3;3-8H2,1-2H3. The summed E-state index contributed by atoms with van der Waals surface area (Å²) >= 11 is 0. The van der Waals surface area contributed by atoms with Crippen molar-refractivity contribution < 1.29 is 19.3 Å². The van der Waals surface area contributed by atoms with Gasteiger partial charge in [-0.1, -0.05) is 46.1 Å². The van der Waals surface area contributed by atoms with Crippen molar-refractivity contribution in [2.45, 2.75) is 65.9 Å². The molecule has 0 unspecified atom stereocenters. The highest BCUT2D eigenvalue weighted by atomic mass is 16.5. The van der Waals surface area contributed by atoms with Gasteiger partial charge in [-0.3, -0.25) is 0 Å². The molecular formula is C20H36O4. The largest absolute Gasteiger partial charge is 0.504 e. The highest BCUT2D eigenvalue weighted by Gasteiger charge is 2.02. The fraction of sp³-hybridized carbons (Fsp3) is 0.700. The molecule has 0 radical (unpaired) electrons. The minimum Gasteiger partial charge on any atom is -0.504 e. The first-order chi connectivity index (χ1) is 11.7. The van der Waals surface area contributed by atoms with Gasteiger partial charge in [-0.2, -0.15) is 0 Å². The van der Waals surface area contributed by atoms with Crippen LogP contribution in [0.25, 0.3) is 0 Å². The second-order valence-electron chi connectivity index (χ2n) is 5.73. The minimum atomic E-state index is 0.162. The van der Waals surface area contributed by atoms with Crippen LogP contribution in [0.4, 0.5) is 0 Å². The minimum absolute atomic E-state index is 0.162. The molecule has 1 N–H and O–H groups in total. The molecule has 1 rings (SSSR count). The van der Waals surface area contributed by atoms with Crippen molar-refractivity contribution in [3.63, 3.8) is 0 Å². The first kappa shape index (κ1) is 22.7. The number of rotatable bonds is 12. The van der Waals surface area contributed by atoms with Crippen LogP contribution in [0, 0.1) is 0 Å². The van der Waals surface area contributed by atoms with Crippen molar-refractivity contribution in [1.82, 2.24) is 0 Å². The summed E-state index contributed by atoms with van der Waals surface area (Å²) in [6.07, 6.45) is 7.12. The van der Waals surface area contributed by atoms with Gasteiger partial charge in [0.25, 0.3) is 0 Å². The quantitative estimate of drug-likeness (QED) is 0.523. The highest BCUT2D eigenvalue weighted by Crippen LogP contribution is 2.26. The van der Waals surface area contributed by atoms with E-state index in [1.807, 2.05) is 6.07 Å². The molecule has 0 heterocycles. The second kappa shape index (κ2) is 16.6. The molecule has 1 aromatic rings. The number of ether oxygens (including phenoxy) is 3. The van der Waals surface area contributed by atoms with Crippen molar-refractivity contribution in [2.24, 2.45) is 0 Å². The molecule has 0 aromatic heterocycles. The zero-order chi connectivity index (χ0) is 18.0. The monoisotopic (exact) mass is 340 g/mol. The van der Waals surface area contributed by atoms with E-state index in [0.717, 1.165) is 38.2 Å². The first-order valence-electron chi connectivity index (χ1n) is 9.20. The lowest BCUT2D eigenvalue weighted by atomic mass is 10.2. The maximum absolute atomic E-state index is 9.38. The van der Waals surface area contributed by atoms with Gasteiger partial charge < -0.3 is 19.3 Å². The Morgan fingerprint density at radius 3 is 1.88 bits per heavy atom. The number of hydrogen-bond acceptors (Lipinski definition) is 4. The van der Waals surface area contributed by atoms with Gasteiger partial charge in [0.1, 0.15) is 0 Å². The van der Waals surface area contributed by atoms with E-state index in [1.165, 1.54) is 32.8 Å². The Morgan fingerprint density at radius 2 is 1.38 bits per heavy atom. The van der Waals surface area contributed by atoms with E-state index in [4.69, 9.17) is 14.2 Å². The second-order valence-corrected chi connectivity index (χ2v) is 5.73. The molecule has 0 saturated carbocycles. The lowest BCUT2D eigenvalue weighted by Gasteiger charge is -2.07. The van der Waals surface area contributed by atoms with Crippen LogP contribution in [0.1, 0.15) is 64.9 Å². The number of benzene rings is 1. The summed E-state index contributed by atoms with van der Waals surface area (Å²) in [6, 6.07) is 5.25. The average molecular weight is 341 g/mol. The normalized spacial score (nSPS) is 10.2. The van der Waals surface area contributed by atoms with Gasteiger partial charge in [0.15, 0.2) is 11.5 Å². The van der Waals surface area contributed by atoms with Gasteiger partial charge in [-0.05, 0) is 37.0 Å². The van der Waals surface area contributed by atoms with E-state index < -0.39 is 0 Å². The topological polar surface area (TPSA) is 47.9 Å². The predicted octanol–water partition coefficient (Wildman–Crippen LogP) is 5.32. The third kappa shape index (κ3) is 12.2. The molecule has 4 nitrogen and oxygen atoms in total. The van der Waals surface area contributed by atoms with Crippen molar-refractivity contribution in [3.05, 3.63) is 23.8 Å². The number of phenols is 1. The lowest BCUT2D eigenvalue weighted by Crippen LogP contribution is -1.95. The van der Waals surface area contributed by atoms with E-state index in [1.54, 1.807) is 12.1 Å². The van der Waals surface area contributed by atoms with Crippen molar-refractivity contribution >= 4 is 0 Å². The van der Waals surface area contributed by atoms with E-state index in [2.05, 4.69) is 20.8 Å². The van der Waals surface area contributed by atoms with Gasteiger partial charge in [0.05, 0.1) is 13.7 Å². The summed E-state index contributed by atoms with van der Waals surface area (Å²) in [5, 5.41) is 9.38. The highest BCUT2D eigenvalue weighted by molar-refractivity contribution is 5.41. The molecule has 140 valence electrons. The SMILES string of the molecule is CCCCOCCCC.CCCCOCc1ccc(O)c(OC)c1. The maximum atomic E-state index is 9.38. The zero-order valence-corrected chi connectivity index (χ0v) is 16.0. The molecule has 0 fully saturated rings. The van der Waals surface area contributed by atoms with E-state index in [-0.39, 0.29) is 5.75 Å². The maximum Gasteiger partial charge on any atom is 0.160 e. The first-order valence-corrected chi connectivity index (χ1v) is 9.20. The average Bonchev–Trinajstić information content (AvgIpc) is 2.60. The molecule has 0 aliphatic heterocycles. The van der Waals surface area contributed by atoms with Gasteiger partial charge in [0, 0.05) is 19.8 Å². The Labute approximate surface area is 148 Å². The molecule has 0 atom stereocenters. The van der Waals surface area contributed by atoms with E-state index in [9.17, 15) is 5.11 Å². The lowest BCUT2D eigenvalue weighted by molar-refractivity contribution is 0.118. The molecule has 24 heavy (non-hydrogen) atoms. The number of hydrogen-bond donors (Lipinski definition) is 1. The van der Waals surface area contributed by atoms with Crippen LogP contribution in [0.2, 0.25) is 0 Å². The van der Waals surface area contributed by atoms with Gasteiger partial charge in [-0.25, -0.2) is 0 Å². The molecule has 0 spiro atoms. The van der Waals surface area contributed by atoms with Gasteiger partial charge in [-0.15, -0.1) is 0 Å². The Kier molecular flexibility index (Phi) is 15.7. The fourth-order valence-corrected chi connectivity index (χ4v) is 1.84. The number of aromatic hydroxyl groups is 1. The number of phenolic OH excluding ortho intramolecular Hbond substituents is 1. The third-order valence-electron chi connectivity index (χ3n) is 3.44. The van der Waals surface area contributed by atoms with Crippen molar-refractivity contribution in [1.29, 1.82) is 0 Å². The molecule has 1 aromatic carbocycles. The van der Waals surface area contributed by atoms with Crippen LogP contribution in [-0.2, 0) is 16.1 Å². The van der Waals surface area contributed by atoms with E-state index >= 15 is 0 Å². The molecule has 0 bridgehead atoms. The summed E-state index contributed by atoms with van der Waals surface area (Å²) in [6.45, 7) is 9.75. The van der Waals surface area contributed by atoms with Gasteiger partial charge >= 0.3 is 0 Å². The molecular weight excluding hydrogens is 304 g/mol.